The third-order valence-corrected chi connectivity index (χ3v) is 2.85. The van der Waals surface area contributed by atoms with Gasteiger partial charge in [0.2, 0.25) is 6.79 Å². The second-order valence-electron chi connectivity index (χ2n) is 4.17. The van der Waals surface area contributed by atoms with Crippen LogP contribution in [-0.2, 0) is 4.74 Å². The van der Waals surface area contributed by atoms with Crippen LogP contribution in [0.4, 0.5) is 10.5 Å². The van der Waals surface area contributed by atoms with E-state index in [2.05, 4.69) is 10.6 Å². The van der Waals surface area contributed by atoms with Gasteiger partial charge in [-0.25, -0.2) is 4.79 Å². The minimum absolute atomic E-state index is 0.181. The standard InChI is InChI=1S/C12H14N2O4/c15-12(14-11-2-1-5-16-11)13-8-3-4-9-10(6-8)18-7-17-9/h3-4,6,11H,1-2,5,7H2,(H2,13,14,15). The summed E-state index contributed by atoms with van der Waals surface area (Å²) in [6.45, 7) is 0.926. The van der Waals surface area contributed by atoms with Crippen molar-refractivity contribution in [1.82, 2.24) is 5.32 Å². The van der Waals surface area contributed by atoms with E-state index >= 15 is 0 Å². The van der Waals surface area contributed by atoms with Gasteiger partial charge >= 0.3 is 6.03 Å². The van der Waals surface area contributed by atoms with Crippen LogP contribution >= 0.6 is 0 Å². The fourth-order valence-corrected chi connectivity index (χ4v) is 1.98. The third kappa shape index (κ3) is 2.33. The largest absolute Gasteiger partial charge is 0.454 e. The van der Waals surface area contributed by atoms with Crippen molar-refractivity contribution in [2.24, 2.45) is 0 Å². The van der Waals surface area contributed by atoms with Gasteiger partial charge in [0.15, 0.2) is 11.5 Å². The van der Waals surface area contributed by atoms with Gasteiger partial charge in [-0.05, 0) is 25.0 Å². The molecule has 1 saturated heterocycles. The number of rotatable bonds is 2. The number of carbonyl (C=O) groups excluding carboxylic acids is 1. The maximum absolute atomic E-state index is 11.7. The summed E-state index contributed by atoms with van der Waals surface area (Å²) in [5.74, 6) is 1.34. The van der Waals surface area contributed by atoms with Crippen molar-refractivity contribution in [3.8, 4) is 11.5 Å². The molecule has 18 heavy (non-hydrogen) atoms. The number of carbonyl (C=O) groups is 1. The lowest BCUT2D eigenvalue weighted by molar-refractivity contribution is 0.0928. The Morgan fingerprint density at radius 2 is 2.17 bits per heavy atom. The first kappa shape index (κ1) is 11.2. The summed E-state index contributed by atoms with van der Waals surface area (Å²) in [7, 11) is 0. The van der Waals surface area contributed by atoms with Crippen molar-refractivity contribution in [3.63, 3.8) is 0 Å². The predicted molar refractivity (Wildman–Crippen MR) is 63.7 cm³/mol. The van der Waals surface area contributed by atoms with Gasteiger partial charge in [0, 0.05) is 18.4 Å². The molecule has 96 valence electrons. The maximum Gasteiger partial charge on any atom is 0.321 e. The number of hydrogen-bond donors (Lipinski definition) is 2. The number of ether oxygens (including phenoxy) is 3. The number of benzene rings is 1. The van der Waals surface area contributed by atoms with Gasteiger partial charge in [0.25, 0.3) is 0 Å². The lowest BCUT2D eigenvalue weighted by atomic mass is 10.3. The Morgan fingerprint density at radius 3 is 3.00 bits per heavy atom. The van der Waals surface area contributed by atoms with Crippen LogP contribution in [0.5, 0.6) is 11.5 Å². The molecular weight excluding hydrogens is 236 g/mol. The highest BCUT2D eigenvalue weighted by molar-refractivity contribution is 5.89. The van der Waals surface area contributed by atoms with Crippen LogP contribution in [0, 0.1) is 0 Å². The van der Waals surface area contributed by atoms with Gasteiger partial charge in [0.05, 0.1) is 0 Å². The molecule has 0 aromatic heterocycles. The summed E-state index contributed by atoms with van der Waals surface area (Å²) in [5.41, 5.74) is 0.662. The topological polar surface area (TPSA) is 68.8 Å². The van der Waals surface area contributed by atoms with E-state index in [0.717, 1.165) is 12.8 Å². The molecule has 2 aliphatic heterocycles. The molecule has 6 heteroatoms. The highest BCUT2D eigenvalue weighted by Gasteiger charge is 2.18. The van der Waals surface area contributed by atoms with Crippen molar-refractivity contribution in [2.75, 3.05) is 18.7 Å². The first-order valence-electron chi connectivity index (χ1n) is 5.90. The molecular formula is C12H14N2O4. The van der Waals surface area contributed by atoms with Crippen LogP contribution in [0.2, 0.25) is 0 Å². The molecule has 0 aliphatic carbocycles. The van der Waals surface area contributed by atoms with Gasteiger partial charge < -0.3 is 24.8 Å². The molecule has 1 aromatic rings. The molecule has 0 radical (unpaired) electrons. The Bertz CT molecular complexity index is 457. The van der Waals surface area contributed by atoms with Crippen LogP contribution < -0.4 is 20.1 Å². The summed E-state index contributed by atoms with van der Waals surface area (Å²) in [6.07, 6.45) is 1.66. The van der Waals surface area contributed by atoms with E-state index in [1.807, 2.05) is 0 Å². The number of urea groups is 1. The minimum atomic E-state index is -0.277. The molecule has 1 fully saturated rings. The normalized spacial score (nSPS) is 20.8. The molecule has 2 aliphatic rings. The Kier molecular flexibility index (Phi) is 2.93. The summed E-state index contributed by atoms with van der Waals surface area (Å²) < 4.78 is 15.7. The summed E-state index contributed by atoms with van der Waals surface area (Å²) in [4.78, 5) is 11.7. The number of anilines is 1. The van der Waals surface area contributed by atoms with Crippen LogP contribution in [0.1, 0.15) is 12.8 Å². The lowest BCUT2D eigenvalue weighted by Crippen LogP contribution is -2.37. The Morgan fingerprint density at radius 1 is 1.28 bits per heavy atom. The van der Waals surface area contributed by atoms with Crippen LogP contribution in [0.3, 0.4) is 0 Å². The fourth-order valence-electron chi connectivity index (χ4n) is 1.98. The average Bonchev–Trinajstić information content (AvgIpc) is 2.98. The molecule has 2 amide bonds. The van der Waals surface area contributed by atoms with Crippen LogP contribution in [0.15, 0.2) is 18.2 Å². The first-order chi connectivity index (χ1) is 8.81. The van der Waals surface area contributed by atoms with Gasteiger partial charge in [-0.3, -0.25) is 0 Å². The van der Waals surface area contributed by atoms with Gasteiger partial charge in [-0.2, -0.15) is 0 Å². The molecule has 1 aromatic carbocycles. The molecule has 2 heterocycles. The van der Waals surface area contributed by atoms with E-state index < -0.39 is 0 Å². The smallest absolute Gasteiger partial charge is 0.321 e. The molecule has 2 N–H and O–H groups in total. The van der Waals surface area contributed by atoms with Gasteiger partial charge in [-0.1, -0.05) is 0 Å². The van der Waals surface area contributed by atoms with E-state index in [0.29, 0.717) is 23.8 Å². The molecule has 3 rings (SSSR count). The highest BCUT2D eigenvalue weighted by Crippen LogP contribution is 2.34. The van der Waals surface area contributed by atoms with E-state index in [1.165, 1.54) is 0 Å². The van der Waals surface area contributed by atoms with Crippen molar-refractivity contribution in [3.05, 3.63) is 18.2 Å². The van der Waals surface area contributed by atoms with Crippen LogP contribution in [-0.4, -0.2) is 25.7 Å². The van der Waals surface area contributed by atoms with E-state index in [9.17, 15) is 4.79 Å². The molecule has 1 atom stereocenters. The van der Waals surface area contributed by atoms with Gasteiger partial charge in [0.1, 0.15) is 6.23 Å². The molecule has 0 spiro atoms. The van der Waals surface area contributed by atoms with Crippen molar-refractivity contribution >= 4 is 11.7 Å². The first-order valence-corrected chi connectivity index (χ1v) is 5.90. The minimum Gasteiger partial charge on any atom is -0.454 e. The Labute approximate surface area is 104 Å². The third-order valence-electron chi connectivity index (χ3n) is 2.85. The number of nitrogens with one attached hydrogen (secondary N) is 2. The summed E-state index contributed by atoms with van der Waals surface area (Å²) in [5, 5.41) is 5.48. The SMILES string of the molecule is O=C(Nc1ccc2c(c1)OCO2)NC1CCCO1. The number of amides is 2. The molecule has 0 bridgehead atoms. The zero-order valence-electron chi connectivity index (χ0n) is 9.77. The molecule has 1 unspecified atom stereocenters. The summed E-state index contributed by atoms with van der Waals surface area (Å²) >= 11 is 0. The fraction of sp³-hybridized carbons (Fsp3) is 0.417. The van der Waals surface area contributed by atoms with E-state index in [4.69, 9.17) is 14.2 Å². The maximum atomic E-state index is 11.7. The molecule has 6 nitrogen and oxygen atoms in total. The zero-order valence-corrected chi connectivity index (χ0v) is 9.77. The quantitative estimate of drug-likeness (QED) is 0.837. The monoisotopic (exact) mass is 250 g/mol. The number of hydrogen-bond acceptors (Lipinski definition) is 4. The van der Waals surface area contributed by atoms with Gasteiger partial charge in [-0.15, -0.1) is 0 Å². The second-order valence-corrected chi connectivity index (χ2v) is 4.17. The molecule has 0 saturated carbocycles. The number of fused-ring (bicyclic) bond motifs is 1. The summed E-state index contributed by atoms with van der Waals surface area (Å²) in [6, 6.07) is 4.99. The van der Waals surface area contributed by atoms with E-state index in [-0.39, 0.29) is 19.1 Å². The Hall–Kier alpha value is -1.95. The van der Waals surface area contributed by atoms with Crippen molar-refractivity contribution in [2.45, 2.75) is 19.1 Å². The van der Waals surface area contributed by atoms with Crippen molar-refractivity contribution < 1.29 is 19.0 Å². The zero-order chi connectivity index (χ0) is 12.4. The predicted octanol–water partition coefficient (Wildman–Crippen LogP) is 1.67. The average molecular weight is 250 g/mol. The Balaban J connectivity index is 1.60. The van der Waals surface area contributed by atoms with Crippen molar-refractivity contribution in [1.29, 1.82) is 0 Å². The van der Waals surface area contributed by atoms with E-state index in [1.54, 1.807) is 18.2 Å². The van der Waals surface area contributed by atoms with Crippen LogP contribution in [0.25, 0.3) is 0 Å². The highest BCUT2D eigenvalue weighted by atomic mass is 16.7. The second kappa shape index (κ2) is 4.73. The lowest BCUT2D eigenvalue weighted by Gasteiger charge is -2.12.